The van der Waals surface area contributed by atoms with Crippen LogP contribution in [0.25, 0.3) is 0 Å². The number of nitrogens with one attached hydrogen (secondary N) is 1. The molecule has 0 unspecified atom stereocenters. The Hall–Kier alpha value is -1.32. The molecule has 0 spiro atoms. The van der Waals surface area contributed by atoms with E-state index in [1.165, 1.54) is 0 Å². The standard InChI is InChI=1S/C14H12BrClN2/c1-10(13-7-2-3-8-14(13)15)17-18-12-6-4-5-11(16)9-12/h2-9,18H,1H3. The van der Waals surface area contributed by atoms with Gasteiger partial charge in [-0.25, -0.2) is 0 Å². The highest BCUT2D eigenvalue weighted by molar-refractivity contribution is 9.10. The summed E-state index contributed by atoms with van der Waals surface area (Å²) in [5.74, 6) is 0. The smallest absolute Gasteiger partial charge is 0.0659 e. The molecule has 2 nitrogen and oxygen atoms in total. The molecule has 1 N–H and O–H groups in total. The van der Waals surface area contributed by atoms with E-state index in [4.69, 9.17) is 11.6 Å². The van der Waals surface area contributed by atoms with Crippen LogP contribution in [-0.2, 0) is 0 Å². The van der Waals surface area contributed by atoms with Crippen molar-refractivity contribution in [2.45, 2.75) is 6.92 Å². The van der Waals surface area contributed by atoms with Gasteiger partial charge in [-0.2, -0.15) is 5.10 Å². The van der Waals surface area contributed by atoms with Crippen LogP contribution in [0, 0.1) is 0 Å². The number of hydrogen-bond acceptors (Lipinski definition) is 2. The molecule has 0 fully saturated rings. The van der Waals surface area contributed by atoms with Crippen LogP contribution >= 0.6 is 27.5 Å². The van der Waals surface area contributed by atoms with Gasteiger partial charge < -0.3 is 0 Å². The third kappa shape index (κ3) is 3.34. The van der Waals surface area contributed by atoms with Crippen LogP contribution in [0.5, 0.6) is 0 Å². The van der Waals surface area contributed by atoms with Crippen molar-refractivity contribution in [1.82, 2.24) is 0 Å². The topological polar surface area (TPSA) is 24.4 Å². The summed E-state index contributed by atoms with van der Waals surface area (Å²) >= 11 is 9.41. The number of anilines is 1. The maximum absolute atomic E-state index is 5.91. The van der Waals surface area contributed by atoms with Crippen molar-refractivity contribution >= 4 is 38.9 Å². The van der Waals surface area contributed by atoms with E-state index in [2.05, 4.69) is 26.5 Å². The largest absolute Gasteiger partial charge is 0.278 e. The molecule has 18 heavy (non-hydrogen) atoms. The van der Waals surface area contributed by atoms with Crippen molar-refractivity contribution in [1.29, 1.82) is 0 Å². The van der Waals surface area contributed by atoms with Gasteiger partial charge in [0.2, 0.25) is 0 Å². The molecule has 0 bridgehead atoms. The number of halogens is 2. The fourth-order valence-electron chi connectivity index (χ4n) is 1.52. The van der Waals surface area contributed by atoms with Crippen LogP contribution in [-0.4, -0.2) is 5.71 Å². The summed E-state index contributed by atoms with van der Waals surface area (Å²) in [6, 6.07) is 15.4. The highest BCUT2D eigenvalue weighted by atomic mass is 79.9. The molecule has 0 heterocycles. The summed E-state index contributed by atoms with van der Waals surface area (Å²) in [7, 11) is 0. The Balaban J connectivity index is 2.17. The lowest BCUT2D eigenvalue weighted by atomic mass is 10.1. The quantitative estimate of drug-likeness (QED) is 0.628. The average molecular weight is 324 g/mol. The minimum absolute atomic E-state index is 0.689. The van der Waals surface area contributed by atoms with Gasteiger partial charge >= 0.3 is 0 Å². The molecule has 0 aliphatic rings. The molecule has 0 atom stereocenters. The first-order valence-corrected chi connectivity index (χ1v) is 6.64. The van der Waals surface area contributed by atoms with Gasteiger partial charge in [-0.05, 0) is 31.2 Å². The molecule has 0 radical (unpaired) electrons. The first kappa shape index (κ1) is 13.1. The fourth-order valence-corrected chi connectivity index (χ4v) is 2.28. The van der Waals surface area contributed by atoms with Gasteiger partial charge in [0.25, 0.3) is 0 Å². The first-order chi connectivity index (χ1) is 8.66. The van der Waals surface area contributed by atoms with Gasteiger partial charge in [-0.3, -0.25) is 5.43 Å². The molecule has 2 aromatic rings. The second kappa shape index (κ2) is 6.03. The van der Waals surface area contributed by atoms with Crippen LogP contribution in [0.3, 0.4) is 0 Å². The van der Waals surface area contributed by atoms with E-state index in [9.17, 15) is 0 Å². The Morgan fingerprint density at radius 2 is 1.94 bits per heavy atom. The van der Waals surface area contributed by atoms with E-state index in [1.54, 1.807) is 0 Å². The summed E-state index contributed by atoms with van der Waals surface area (Å²) in [4.78, 5) is 0. The van der Waals surface area contributed by atoms with E-state index < -0.39 is 0 Å². The molecule has 0 aliphatic carbocycles. The second-order valence-corrected chi connectivity index (χ2v) is 5.09. The van der Waals surface area contributed by atoms with Gasteiger partial charge in [-0.15, -0.1) is 0 Å². The first-order valence-electron chi connectivity index (χ1n) is 5.47. The normalized spacial score (nSPS) is 11.4. The molecule has 2 rings (SSSR count). The molecular weight excluding hydrogens is 312 g/mol. The molecule has 0 amide bonds. The molecule has 0 aliphatic heterocycles. The minimum Gasteiger partial charge on any atom is -0.278 e. The molecule has 0 saturated carbocycles. The van der Waals surface area contributed by atoms with Crippen molar-refractivity contribution in [3.63, 3.8) is 0 Å². The second-order valence-electron chi connectivity index (χ2n) is 3.80. The maximum atomic E-state index is 5.91. The van der Waals surface area contributed by atoms with Crippen LogP contribution in [0.2, 0.25) is 5.02 Å². The summed E-state index contributed by atoms with van der Waals surface area (Å²) < 4.78 is 1.03. The summed E-state index contributed by atoms with van der Waals surface area (Å²) in [5.41, 5.74) is 5.83. The Morgan fingerprint density at radius 3 is 2.67 bits per heavy atom. The van der Waals surface area contributed by atoms with Gasteiger partial charge in [0, 0.05) is 15.1 Å². The zero-order valence-corrected chi connectivity index (χ0v) is 12.2. The zero-order valence-electron chi connectivity index (χ0n) is 9.82. The molecule has 2 aromatic carbocycles. The Labute approximate surface area is 120 Å². The molecule has 4 heteroatoms. The van der Waals surface area contributed by atoms with Crippen molar-refractivity contribution in [3.8, 4) is 0 Å². The lowest BCUT2D eigenvalue weighted by molar-refractivity contribution is 1.32. The van der Waals surface area contributed by atoms with E-state index >= 15 is 0 Å². The van der Waals surface area contributed by atoms with Crippen LogP contribution in [0.1, 0.15) is 12.5 Å². The van der Waals surface area contributed by atoms with E-state index in [-0.39, 0.29) is 0 Å². The number of rotatable bonds is 3. The Kier molecular flexibility index (Phi) is 4.39. The zero-order chi connectivity index (χ0) is 13.0. The SMILES string of the molecule is CC(=NNc1cccc(Cl)c1)c1ccccc1Br. The molecule has 92 valence electrons. The van der Waals surface area contributed by atoms with Crippen LogP contribution in [0.4, 0.5) is 5.69 Å². The van der Waals surface area contributed by atoms with Crippen molar-refractivity contribution < 1.29 is 0 Å². The van der Waals surface area contributed by atoms with E-state index in [0.717, 1.165) is 21.4 Å². The van der Waals surface area contributed by atoms with Gasteiger partial charge in [0.15, 0.2) is 0 Å². The van der Waals surface area contributed by atoms with Gasteiger partial charge in [-0.1, -0.05) is 51.8 Å². The predicted molar refractivity (Wildman–Crippen MR) is 81.4 cm³/mol. The molecular formula is C14H12BrClN2. The highest BCUT2D eigenvalue weighted by Gasteiger charge is 2.01. The fraction of sp³-hybridized carbons (Fsp3) is 0.0714. The maximum Gasteiger partial charge on any atom is 0.0659 e. The number of hydrogen-bond donors (Lipinski definition) is 1. The van der Waals surface area contributed by atoms with Crippen LogP contribution < -0.4 is 5.43 Å². The number of nitrogens with zero attached hydrogens (tertiary/aromatic N) is 1. The van der Waals surface area contributed by atoms with Crippen LogP contribution in [0.15, 0.2) is 58.1 Å². The lowest BCUT2D eigenvalue weighted by Gasteiger charge is -2.05. The lowest BCUT2D eigenvalue weighted by Crippen LogP contribution is -2.00. The van der Waals surface area contributed by atoms with Crippen molar-refractivity contribution in [3.05, 3.63) is 63.6 Å². The minimum atomic E-state index is 0.689. The molecule has 0 aromatic heterocycles. The monoisotopic (exact) mass is 322 g/mol. The summed E-state index contributed by atoms with van der Waals surface area (Å²) in [5, 5.41) is 5.03. The third-order valence-electron chi connectivity index (χ3n) is 2.44. The predicted octanol–water partition coefficient (Wildman–Crippen LogP) is 4.94. The van der Waals surface area contributed by atoms with E-state index in [1.807, 2.05) is 55.5 Å². The Morgan fingerprint density at radius 1 is 1.17 bits per heavy atom. The average Bonchev–Trinajstić information content (AvgIpc) is 2.37. The molecule has 0 saturated heterocycles. The van der Waals surface area contributed by atoms with Gasteiger partial charge in [0.05, 0.1) is 11.4 Å². The number of hydrazone groups is 1. The van der Waals surface area contributed by atoms with Crippen molar-refractivity contribution in [2.75, 3.05) is 5.43 Å². The van der Waals surface area contributed by atoms with E-state index in [0.29, 0.717) is 5.02 Å². The Bertz CT molecular complexity index is 582. The highest BCUT2D eigenvalue weighted by Crippen LogP contribution is 2.18. The number of benzene rings is 2. The van der Waals surface area contributed by atoms with Gasteiger partial charge in [0.1, 0.15) is 0 Å². The summed E-state index contributed by atoms with van der Waals surface area (Å²) in [6.07, 6.45) is 0. The third-order valence-corrected chi connectivity index (χ3v) is 3.37. The summed E-state index contributed by atoms with van der Waals surface area (Å²) in [6.45, 7) is 1.96. The van der Waals surface area contributed by atoms with Crippen molar-refractivity contribution in [2.24, 2.45) is 5.10 Å².